The topological polar surface area (TPSA) is 43.7 Å². The van der Waals surface area contributed by atoms with Crippen molar-refractivity contribution in [1.82, 2.24) is 4.90 Å². The molecule has 2 aromatic carbocycles. The van der Waals surface area contributed by atoms with Crippen molar-refractivity contribution in [3.05, 3.63) is 55.5 Å². The molecule has 7 heteroatoms. The molecule has 0 aliphatic carbocycles. The Balaban J connectivity index is 2.28. The van der Waals surface area contributed by atoms with E-state index in [1.54, 1.807) is 12.1 Å². The molecule has 0 spiro atoms. The molecule has 0 heterocycles. The molecule has 130 valence electrons. The van der Waals surface area contributed by atoms with E-state index in [0.29, 0.717) is 34.3 Å². The molecule has 2 N–H and O–H groups in total. The number of rotatable bonds is 6. The summed E-state index contributed by atoms with van der Waals surface area (Å²) in [7, 11) is 0. The van der Waals surface area contributed by atoms with Crippen molar-refractivity contribution < 1.29 is 10.2 Å². The van der Waals surface area contributed by atoms with Gasteiger partial charge in [0.15, 0.2) is 0 Å². The van der Waals surface area contributed by atoms with Crippen molar-refractivity contribution in [2.24, 2.45) is 0 Å². The van der Waals surface area contributed by atoms with E-state index in [1.165, 1.54) is 12.1 Å². The van der Waals surface area contributed by atoms with Crippen LogP contribution in [0.5, 0.6) is 11.5 Å². The molecule has 0 aliphatic heterocycles. The highest BCUT2D eigenvalue weighted by Crippen LogP contribution is 2.34. The van der Waals surface area contributed by atoms with Gasteiger partial charge in [-0.2, -0.15) is 0 Å². The molecule has 3 nitrogen and oxygen atoms in total. The van der Waals surface area contributed by atoms with Gasteiger partial charge in [0, 0.05) is 34.3 Å². The van der Waals surface area contributed by atoms with E-state index < -0.39 is 0 Å². The first-order valence-corrected chi connectivity index (χ1v) is 8.89. The lowest BCUT2D eigenvalue weighted by Crippen LogP contribution is -2.23. The van der Waals surface area contributed by atoms with Gasteiger partial charge in [-0.15, -0.1) is 0 Å². The predicted octanol–water partition coefficient (Wildman–Crippen LogP) is 6.12. The first-order chi connectivity index (χ1) is 11.3. The summed E-state index contributed by atoms with van der Waals surface area (Å²) in [5, 5.41) is 21.6. The van der Waals surface area contributed by atoms with Crippen LogP contribution in [0, 0.1) is 0 Å². The third-order valence-corrected chi connectivity index (χ3v) is 4.55. The Morgan fingerprint density at radius 1 is 0.792 bits per heavy atom. The van der Waals surface area contributed by atoms with Gasteiger partial charge in [-0.05, 0) is 37.2 Å². The minimum atomic E-state index is 0.00974. The number of hydrogen-bond donors (Lipinski definition) is 2. The maximum atomic E-state index is 10.1. The van der Waals surface area contributed by atoms with Crippen LogP contribution >= 0.6 is 46.4 Å². The number of nitrogens with zero attached hydrogens (tertiary/aromatic N) is 1. The van der Waals surface area contributed by atoms with Crippen molar-refractivity contribution in [3.8, 4) is 11.5 Å². The van der Waals surface area contributed by atoms with Gasteiger partial charge in [-0.25, -0.2) is 0 Å². The monoisotopic (exact) mass is 407 g/mol. The fourth-order valence-corrected chi connectivity index (χ4v) is 3.56. The fourth-order valence-electron chi connectivity index (χ4n) is 2.49. The van der Waals surface area contributed by atoms with E-state index in [4.69, 9.17) is 46.4 Å². The zero-order valence-corrected chi connectivity index (χ0v) is 16.0. The average molecular weight is 409 g/mol. The van der Waals surface area contributed by atoms with Crippen LogP contribution < -0.4 is 0 Å². The van der Waals surface area contributed by atoms with Gasteiger partial charge < -0.3 is 10.2 Å². The lowest BCUT2D eigenvalue weighted by Gasteiger charge is -2.23. The summed E-state index contributed by atoms with van der Waals surface area (Å²) >= 11 is 24.0. The van der Waals surface area contributed by atoms with Crippen LogP contribution in [0.4, 0.5) is 0 Å². The fraction of sp³-hybridized carbons (Fsp3) is 0.294. The van der Waals surface area contributed by atoms with E-state index in [-0.39, 0.29) is 21.5 Å². The number of aromatic hydroxyl groups is 2. The molecule has 0 radical (unpaired) electrons. The summed E-state index contributed by atoms with van der Waals surface area (Å²) in [6, 6.07) is 6.34. The second-order valence-electron chi connectivity index (χ2n) is 5.50. The minimum absolute atomic E-state index is 0.00974. The summed E-state index contributed by atoms with van der Waals surface area (Å²) in [5.74, 6) is 0.0195. The Morgan fingerprint density at radius 3 is 1.58 bits per heavy atom. The highest BCUT2D eigenvalue weighted by atomic mass is 35.5. The largest absolute Gasteiger partial charge is 0.506 e. The van der Waals surface area contributed by atoms with Crippen LogP contribution in [0.25, 0.3) is 0 Å². The molecule has 2 rings (SSSR count). The Labute approximate surface area is 161 Å². The zero-order chi connectivity index (χ0) is 17.9. The highest BCUT2D eigenvalue weighted by molar-refractivity contribution is 6.36. The van der Waals surface area contributed by atoms with E-state index in [1.807, 2.05) is 11.8 Å². The lowest BCUT2D eigenvalue weighted by molar-refractivity contribution is 0.250. The first-order valence-electron chi connectivity index (χ1n) is 7.38. The van der Waals surface area contributed by atoms with E-state index >= 15 is 0 Å². The van der Waals surface area contributed by atoms with Crippen LogP contribution in [0.2, 0.25) is 20.1 Å². The normalized spacial score (nSPS) is 11.2. The SMILES string of the molecule is CCCN(Cc1cc(Cl)cc(Cl)c1O)Cc1cc(Cl)cc(Cl)c1O. The van der Waals surface area contributed by atoms with E-state index in [0.717, 1.165) is 13.0 Å². The Hall–Kier alpha value is -0.840. The molecule has 0 unspecified atom stereocenters. The third-order valence-electron chi connectivity index (χ3n) is 3.54. The summed E-state index contributed by atoms with van der Waals surface area (Å²) in [6.45, 7) is 3.63. The number of phenols is 2. The smallest absolute Gasteiger partial charge is 0.138 e. The second-order valence-corrected chi connectivity index (χ2v) is 7.19. The zero-order valence-electron chi connectivity index (χ0n) is 13.0. The van der Waals surface area contributed by atoms with Gasteiger partial charge >= 0.3 is 0 Å². The molecule has 0 aromatic heterocycles. The van der Waals surface area contributed by atoms with Crippen LogP contribution in [0.3, 0.4) is 0 Å². The summed E-state index contributed by atoms with van der Waals surface area (Å²) < 4.78 is 0. The molecular weight excluding hydrogens is 392 g/mol. The Morgan fingerprint density at radius 2 is 1.21 bits per heavy atom. The van der Waals surface area contributed by atoms with Gasteiger partial charge in [0.05, 0.1) is 10.0 Å². The van der Waals surface area contributed by atoms with E-state index in [2.05, 4.69) is 0 Å². The molecule has 0 saturated carbocycles. The molecular formula is C17H17Cl4NO2. The van der Waals surface area contributed by atoms with Crippen LogP contribution in [0.1, 0.15) is 24.5 Å². The Bertz CT molecular complexity index is 678. The van der Waals surface area contributed by atoms with Crippen molar-refractivity contribution in [2.45, 2.75) is 26.4 Å². The first kappa shape index (κ1) is 19.5. The van der Waals surface area contributed by atoms with Crippen molar-refractivity contribution >= 4 is 46.4 Å². The summed E-state index contributed by atoms with van der Waals surface area (Å²) in [5.41, 5.74) is 1.24. The molecule has 0 bridgehead atoms. The van der Waals surface area contributed by atoms with Crippen LogP contribution in [-0.4, -0.2) is 21.7 Å². The van der Waals surface area contributed by atoms with Crippen LogP contribution in [-0.2, 0) is 13.1 Å². The Kier molecular flexibility index (Phi) is 6.90. The summed E-state index contributed by atoms with van der Waals surface area (Å²) in [6.07, 6.45) is 0.893. The van der Waals surface area contributed by atoms with Gasteiger partial charge in [-0.1, -0.05) is 53.3 Å². The molecule has 0 saturated heterocycles. The minimum Gasteiger partial charge on any atom is -0.506 e. The standard InChI is InChI=1S/C17H17Cl4NO2/c1-2-3-22(8-10-4-12(18)6-14(20)16(10)23)9-11-5-13(19)7-15(21)17(11)24/h4-7,23-24H,2-3,8-9H2,1H3. The van der Waals surface area contributed by atoms with Gasteiger partial charge in [0.1, 0.15) is 11.5 Å². The number of benzene rings is 2. The number of phenolic OH excluding ortho intramolecular Hbond substituents is 2. The number of halogens is 4. The molecule has 2 aromatic rings. The lowest BCUT2D eigenvalue weighted by atomic mass is 10.1. The van der Waals surface area contributed by atoms with Gasteiger partial charge in [-0.3, -0.25) is 4.90 Å². The van der Waals surface area contributed by atoms with Crippen LogP contribution in [0.15, 0.2) is 24.3 Å². The quantitative estimate of drug-likeness (QED) is 0.604. The van der Waals surface area contributed by atoms with E-state index in [9.17, 15) is 10.2 Å². The maximum Gasteiger partial charge on any atom is 0.138 e. The molecule has 0 amide bonds. The van der Waals surface area contributed by atoms with Gasteiger partial charge in [0.2, 0.25) is 0 Å². The molecule has 0 aliphatic rings. The third kappa shape index (κ3) is 4.84. The van der Waals surface area contributed by atoms with Gasteiger partial charge in [0.25, 0.3) is 0 Å². The predicted molar refractivity (Wildman–Crippen MR) is 101 cm³/mol. The van der Waals surface area contributed by atoms with Crippen molar-refractivity contribution in [2.75, 3.05) is 6.54 Å². The molecule has 0 atom stereocenters. The van der Waals surface area contributed by atoms with Crippen molar-refractivity contribution in [1.29, 1.82) is 0 Å². The molecule has 24 heavy (non-hydrogen) atoms. The van der Waals surface area contributed by atoms with Crippen molar-refractivity contribution in [3.63, 3.8) is 0 Å². The second kappa shape index (κ2) is 8.50. The number of hydrogen-bond acceptors (Lipinski definition) is 3. The average Bonchev–Trinajstić information content (AvgIpc) is 2.49. The molecule has 0 fully saturated rings. The highest BCUT2D eigenvalue weighted by Gasteiger charge is 2.16. The summed E-state index contributed by atoms with van der Waals surface area (Å²) in [4.78, 5) is 2.05. The maximum absolute atomic E-state index is 10.1.